The second kappa shape index (κ2) is 9.09. The van der Waals surface area contributed by atoms with Crippen LogP contribution in [0.5, 0.6) is 0 Å². The van der Waals surface area contributed by atoms with Crippen LogP contribution >= 0.6 is 0 Å². The Hall–Kier alpha value is -4.25. The number of anilines is 1. The highest BCUT2D eigenvalue weighted by atomic mass is 16.4. The molecule has 0 radical (unpaired) electrons. The van der Waals surface area contributed by atoms with E-state index >= 15 is 0 Å². The van der Waals surface area contributed by atoms with E-state index in [1.165, 1.54) is 22.8 Å². The van der Waals surface area contributed by atoms with Gasteiger partial charge in [0.25, 0.3) is 5.56 Å². The van der Waals surface area contributed by atoms with Gasteiger partial charge in [0, 0.05) is 17.0 Å². The van der Waals surface area contributed by atoms with E-state index in [4.69, 9.17) is 0 Å². The lowest BCUT2D eigenvalue weighted by Gasteiger charge is -2.20. The van der Waals surface area contributed by atoms with Crippen LogP contribution in [0.4, 0.5) is 5.69 Å². The van der Waals surface area contributed by atoms with Gasteiger partial charge in [-0.25, -0.2) is 9.78 Å². The summed E-state index contributed by atoms with van der Waals surface area (Å²) in [5.74, 6) is -0.849. The van der Waals surface area contributed by atoms with Crippen LogP contribution in [0.25, 0.3) is 11.3 Å². The standard InChI is InChI=1S/C25H24N4O4/c1-15-27-21(12-22(30)29(15)14-17-6-5-7-18(10-17)23(31)32)19-9-8-16(13-26)11-20(19)28-24(33)25(2,3)4/h5-12H,14H2,1-4H3,(H,28,33)(H,31,32). The molecule has 0 spiro atoms. The number of nitrogens with zero attached hydrogens (tertiary/aromatic N) is 3. The molecule has 0 aliphatic rings. The lowest BCUT2D eigenvalue weighted by Crippen LogP contribution is -2.28. The van der Waals surface area contributed by atoms with Crippen LogP contribution in [0.1, 0.15) is 48.1 Å². The molecule has 1 aromatic heterocycles. The second-order valence-electron chi connectivity index (χ2n) is 8.69. The average Bonchev–Trinajstić information content (AvgIpc) is 2.75. The van der Waals surface area contributed by atoms with Gasteiger partial charge in [0.1, 0.15) is 5.82 Å². The van der Waals surface area contributed by atoms with Gasteiger partial charge in [-0.2, -0.15) is 5.26 Å². The van der Waals surface area contributed by atoms with Crippen molar-refractivity contribution in [1.82, 2.24) is 9.55 Å². The van der Waals surface area contributed by atoms with Crippen molar-refractivity contribution in [3.63, 3.8) is 0 Å². The Morgan fingerprint density at radius 1 is 1.15 bits per heavy atom. The van der Waals surface area contributed by atoms with Crippen molar-refractivity contribution in [1.29, 1.82) is 5.26 Å². The van der Waals surface area contributed by atoms with E-state index in [1.54, 1.807) is 58.0 Å². The van der Waals surface area contributed by atoms with E-state index in [9.17, 15) is 24.8 Å². The summed E-state index contributed by atoms with van der Waals surface area (Å²) < 4.78 is 1.45. The Morgan fingerprint density at radius 2 is 1.88 bits per heavy atom. The highest BCUT2D eigenvalue weighted by molar-refractivity contribution is 5.98. The number of benzene rings is 2. The molecular weight excluding hydrogens is 420 g/mol. The Labute approximate surface area is 191 Å². The average molecular weight is 444 g/mol. The fraction of sp³-hybridized carbons (Fsp3) is 0.240. The van der Waals surface area contributed by atoms with Gasteiger partial charge in [0.05, 0.1) is 35.1 Å². The monoisotopic (exact) mass is 444 g/mol. The third-order valence-electron chi connectivity index (χ3n) is 5.07. The number of carboxylic acid groups (broad SMARTS) is 1. The van der Waals surface area contributed by atoms with Crippen molar-refractivity contribution in [2.75, 3.05) is 5.32 Å². The van der Waals surface area contributed by atoms with Gasteiger partial charge in [0.2, 0.25) is 5.91 Å². The van der Waals surface area contributed by atoms with Crippen LogP contribution in [0.2, 0.25) is 0 Å². The Morgan fingerprint density at radius 3 is 2.48 bits per heavy atom. The van der Waals surface area contributed by atoms with Crippen molar-refractivity contribution in [2.24, 2.45) is 5.41 Å². The first-order valence-corrected chi connectivity index (χ1v) is 10.3. The molecule has 0 aliphatic heterocycles. The van der Waals surface area contributed by atoms with Crippen molar-refractivity contribution < 1.29 is 14.7 Å². The molecule has 8 nitrogen and oxygen atoms in total. The van der Waals surface area contributed by atoms with Crippen molar-refractivity contribution in [3.05, 3.63) is 81.4 Å². The number of carboxylic acids is 1. The van der Waals surface area contributed by atoms with E-state index in [0.717, 1.165) is 0 Å². The summed E-state index contributed by atoms with van der Waals surface area (Å²) in [6, 6.07) is 14.6. The summed E-state index contributed by atoms with van der Waals surface area (Å²) in [7, 11) is 0. The van der Waals surface area contributed by atoms with Gasteiger partial charge in [-0.15, -0.1) is 0 Å². The summed E-state index contributed by atoms with van der Waals surface area (Å²) in [5.41, 5.74) is 1.46. The lowest BCUT2D eigenvalue weighted by atomic mass is 9.95. The predicted molar refractivity (Wildman–Crippen MR) is 124 cm³/mol. The van der Waals surface area contributed by atoms with Gasteiger partial charge in [0.15, 0.2) is 0 Å². The van der Waals surface area contributed by atoms with Crippen molar-refractivity contribution >= 4 is 17.6 Å². The van der Waals surface area contributed by atoms with E-state index < -0.39 is 11.4 Å². The van der Waals surface area contributed by atoms with Gasteiger partial charge in [-0.1, -0.05) is 32.9 Å². The topological polar surface area (TPSA) is 125 Å². The number of carbonyl (C=O) groups excluding carboxylic acids is 1. The van der Waals surface area contributed by atoms with Crippen molar-refractivity contribution in [3.8, 4) is 17.3 Å². The van der Waals surface area contributed by atoms with Crippen LogP contribution < -0.4 is 10.9 Å². The zero-order valence-electron chi connectivity index (χ0n) is 18.8. The van der Waals surface area contributed by atoms with E-state index in [1.807, 2.05) is 0 Å². The number of aryl methyl sites for hydroxylation is 1. The molecule has 33 heavy (non-hydrogen) atoms. The molecule has 0 aliphatic carbocycles. The van der Waals surface area contributed by atoms with E-state index in [-0.39, 0.29) is 23.6 Å². The molecular formula is C25H24N4O4. The Kier molecular flexibility index (Phi) is 6.45. The number of nitrogens with one attached hydrogen (secondary N) is 1. The molecule has 8 heteroatoms. The molecule has 0 fully saturated rings. The Bertz CT molecular complexity index is 1340. The maximum Gasteiger partial charge on any atom is 0.335 e. The minimum absolute atomic E-state index is 0.139. The zero-order chi connectivity index (χ0) is 24.3. The molecule has 2 aromatic carbocycles. The number of rotatable bonds is 5. The van der Waals surface area contributed by atoms with Crippen LogP contribution in [-0.4, -0.2) is 26.5 Å². The number of hydrogen-bond donors (Lipinski definition) is 2. The summed E-state index contributed by atoms with van der Waals surface area (Å²) in [5, 5.41) is 21.3. The van der Waals surface area contributed by atoms with Gasteiger partial charge in [-0.05, 0) is 42.8 Å². The number of hydrogen-bond acceptors (Lipinski definition) is 5. The first-order chi connectivity index (χ1) is 15.5. The number of amides is 1. The van der Waals surface area contributed by atoms with Gasteiger partial charge >= 0.3 is 5.97 Å². The zero-order valence-corrected chi connectivity index (χ0v) is 18.8. The molecule has 0 bridgehead atoms. The third-order valence-corrected chi connectivity index (χ3v) is 5.07. The lowest BCUT2D eigenvalue weighted by molar-refractivity contribution is -0.123. The van der Waals surface area contributed by atoms with Crippen LogP contribution in [0.15, 0.2) is 53.3 Å². The summed E-state index contributed by atoms with van der Waals surface area (Å²) >= 11 is 0. The van der Waals surface area contributed by atoms with Crippen molar-refractivity contribution in [2.45, 2.75) is 34.2 Å². The fourth-order valence-corrected chi connectivity index (χ4v) is 3.19. The fourth-order valence-electron chi connectivity index (χ4n) is 3.19. The second-order valence-corrected chi connectivity index (χ2v) is 8.69. The maximum absolute atomic E-state index is 12.9. The smallest absolute Gasteiger partial charge is 0.335 e. The third kappa shape index (κ3) is 5.33. The van der Waals surface area contributed by atoms with Gasteiger partial charge in [-0.3, -0.25) is 14.2 Å². The van der Waals surface area contributed by atoms with E-state index in [2.05, 4.69) is 16.4 Å². The summed E-state index contributed by atoms with van der Waals surface area (Å²) in [6.07, 6.45) is 0. The van der Waals surface area contributed by atoms with Gasteiger partial charge < -0.3 is 10.4 Å². The SMILES string of the molecule is Cc1nc(-c2ccc(C#N)cc2NC(=O)C(C)(C)C)cc(=O)n1Cc1cccc(C(=O)O)c1. The molecule has 1 amide bonds. The first-order valence-electron chi connectivity index (χ1n) is 10.3. The summed E-state index contributed by atoms with van der Waals surface area (Å²) in [6.45, 7) is 7.18. The largest absolute Gasteiger partial charge is 0.478 e. The highest BCUT2D eigenvalue weighted by Crippen LogP contribution is 2.29. The minimum Gasteiger partial charge on any atom is -0.478 e. The normalized spacial score (nSPS) is 11.0. The molecule has 0 saturated heterocycles. The highest BCUT2D eigenvalue weighted by Gasteiger charge is 2.23. The molecule has 0 saturated carbocycles. The van der Waals surface area contributed by atoms with Crippen LogP contribution in [0.3, 0.4) is 0 Å². The van der Waals surface area contributed by atoms with Crippen LogP contribution in [-0.2, 0) is 11.3 Å². The Balaban J connectivity index is 2.03. The number of aromatic carboxylic acids is 1. The number of aromatic nitrogens is 2. The summed E-state index contributed by atoms with van der Waals surface area (Å²) in [4.78, 5) is 41.3. The molecule has 2 N–H and O–H groups in total. The molecule has 1 heterocycles. The first kappa shape index (κ1) is 23.4. The molecule has 0 unspecified atom stereocenters. The molecule has 168 valence electrons. The van der Waals surface area contributed by atoms with E-state index in [0.29, 0.717) is 33.9 Å². The maximum atomic E-state index is 12.9. The molecule has 3 rings (SSSR count). The molecule has 0 atom stereocenters. The van der Waals surface area contributed by atoms with Crippen LogP contribution in [0, 0.1) is 23.7 Å². The predicted octanol–water partition coefficient (Wildman–Crippen LogP) is 3.82. The molecule has 3 aromatic rings. The number of carbonyl (C=O) groups is 2. The quantitative estimate of drug-likeness (QED) is 0.616. The minimum atomic E-state index is -1.04. The number of nitriles is 1.